The zero-order chi connectivity index (χ0) is 15.0. The molecule has 0 aliphatic heterocycles. The van der Waals surface area contributed by atoms with Crippen LogP contribution in [0.25, 0.3) is 11.0 Å². The maximum atomic E-state index is 12.5. The molecular formula is C17H13BrO3. The minimum absolute atomic E-state index is 0.135. The topological polar surface area (TPSA) is 39.4 Å². The number of carbonyl (C=O) groups excluding carboxylic acids is 1. The maximum Gasteiger partial charge on any atom is 0.228 e. The number of furan rings is 1. The monoisotopic (exact) mass is 344 g/mol. The molecule has 0 unspecified atom stereocenters. The molecule has 3 nitrogen and oxygen atoms in total. The van der Waals surface area contributed by atoms with Crippen molar-refractivity contribution in [2.24, 2.45) is 0 Å². The van der Waals surface area contributed by atoms with Crippen molar-refractivity contribution in [2.45, 2.75) is 6.92 Å². The molecular weight excluding hydrogens is 332 g/mol. The minimum Gasteiger partial charge on any atom is -0.497 e. The van der Waals surface area contributed by atoms with Crippen molar-refractivity contribution in [3.8, 4) is 5.75 Å². The van der Waals surface area contributed by atoms with Gasteiger partial charge in [-0.1, -0.05) is 15.9 Å². The number of hydrogen-bond acceptors (Lipinski definition) is 3. The lowest BCUT2D eigenvalue weighted by Crippen LogP contribution is -1.99. The molecule has 0 atom stereocenters. The van der Waals surface area contributed by atoms with Crippen LogP contribution in [0.1, 0.15) is 21.7 Å². The Hall–Kier alpha value is -2.07. The second-order valence-corrected chi connectivity index (χ2v) is 5.72. The summed E-state index contributed by atoms with van der Waals surface area (Å²) < 4.78 is 11.8. The molecule has 1 aromatic heterocycles. The first kappa shape index (κ1) is 13.9. The van der Waals surface area contributed by atoms with Crippen LogP contribution in [0.4, 0.5) is 0 Å². The van der Waals surface area contributed by atoms with Crippen LogP contribution in [0.5, 0.6) is 5.75 Å². The van der Waals surface area contributed by atoms with Gasteiger partial charge in [-0.05, 0) is 55.0 Å². The number of carbonyl (C=O) groups is 1. The van der Waals surface area contributed by atoms with Gasteiger partial charge in [0.05, 0.1) is 7.11 Å². The van der Waals surface area contributed by atoms with Crippen LogP contribution in [0.3, 0.4) is 0 Å². The van der Waals surface area contributed by atoms with Crippen LogP contribution in [0, 0.1) is 6.92 Å². The fraction of sp³-hybridized carbons (Fsp3) is 0.118. The smallest absolute Gasteiger partial charge is 0.228 e. The van der Waals surface area contributed by atoms with E-state index in [0.717, 1.165) is 26.8 Å². The molecule has 0 saturated heterocycles. The van der Waals surface area contributed by atoms with Gasteiger partial charge < -0.3 is 9.15 Å². The van der Waals surface area contributed by atoms with Crippen LogP contribution < -0.4 is 4.74 Å². The molecule has 3 aromatic rings. The molecule has 0 aliphatic carbocycles. The van der Waals surface area contributed by atoms with Gasteiger partial charge >= 0.3 is 0 Å². The van der Waals surface area contributed by atoms with E-state index in [2.05, 4.69) is 15.9 Å². The van der Waals surface area contributed by atoms with E-state index in [-0.39, 0.29) is 5.78 Å². The Morgan fingerprint density at radius 2 is 1.86 bits per heavy atom. The molecule has 106 valence electrons. The maximum absolute atomic E-state index is 12.5. The van der Waals surface area contributed by atoms with E-state index in [1.54, 1.807) is 37.4 Å². The summed E-state index contributed by atoms with van der Waals surface area (Å²) in [5, 5.41) is 0.915. The van der Waals surface area contributed by atoms with Gasteiger partial charge in [-0.2, -0.15) is 0 Å². The van der Waals surface area contributed by atoms with Gasteiger partial charge in [0.25, 0.3) is 0 Å². The molecule has 1 heterocycles. The number of halogens is 1. The van der Waals surface area contributed by atoms with E-state index < -0.39 is 0 Å². The summed E-state index contributed by atoms with van der Waals surface area (Å²) in [6.45, 7) is 1.96. The minimum atomic E-state index is -0.135. The molecule has 0 saturated carbocycles. The molecule has 0 N–H and O–H groups in total. The van der Waals surface area contributed by atoms with Crippen molar-refractivity contribution < 1.29 is 13.9 Å². The van der Waals surface area contributed by atoms with Crippen LogP contribution in [-0.4, -0.2) is 12.9 Å². The van der Waals surface area contributed by atoms with Crippen molar-refractivity contribution in [2.75, 3.05) is 7.11 Å². The average molecular weight is 345 g/mol. The third-order valence-electron chi connectivity index (χ3n) is 3.34. The highest BCUT2D eigenvalue weighted by Gasteiger charge is 2.16. The summed E-state index contributed by atoms with van der Waals surface area (Å²) >= 11 is 3.45. The lowest BCUT2D eigenvalue weighted by atomic mass is 10.1. The highest BCUT2D eigenvalue weighted by atomic mass is 79.9. The zero-order valence-corrected chi connectivity index (χ0v) is 13.2. The molecule has 0 radical (unpaired) electrons. The Balaban J connectivity index is 2.02. The Bertz CT molecular complexity index is 816. The van der Waals surface area contributed by atoms with Crippen LogP contribution >= 0.6 is 15.9 Å². The summed E-state index contributed by atoms with van der Waals surface area (Å²) in [5.41, 5.74) is 2.31. The Labute approximate surface area is 130 Å². The number of benzene rings is 2. The van der Waals surface area contributed by atoms with Crippen LogP contribution in [0.15, 0.2) is 51.4 Å². The van der Waals surface area contributed by atoms with Crippen molar-refractivity contribution in [3.63, 3.8) is 0 Å². The lowest BCUT2D eigenvalue weighted by Gasteiger charge is -2.00. The highest BCUT2D eigenvalue weighted by molar-refractivity contribution is 9.10. The molecule has 0 spiro atoms. The third-order valence-corrected chi connectivity index (χ3v) is 3.80. The Kier molecular flexibility index (Phi) is 3.55. The van der Waals surface area contributed by atoms with E-state index in [4.69, 9.17) is 9.15 Å². The fourth-order valence-electron chi connectivity index (χ4n) is 2.28. The zero-order valence-electron chi connectivity index (χ0n) is 11.6. The second-order valence-electron chi connectivity index (χ2n) is 4.81. The van der Waals surface area contributed by atoms with E-state index in [1.807, 2.05) is 19.1 Å². The number of methoxy groups -OCH3 is 1. The third kappa shape index (κ3) is 2.59. The number of fused-ring (bicyclic) bond motifs is 1. The van der Waals surface area contributed by atoms with Gasteiger partial charge in [-0.25, -0.2) is 0 Å². The quantitative estimate of drug-likeness (QED) is 0.644. The molecule has 3 rings (SSSR count). The molecule has 0 bridgehead atoms. The van der Waals surface area contributed by atoms with Gasteiger partial charge in [-0.3, -0.25) is 4.79 Å². The van der Waals surface area contributed by atoms with E-state index in [1.165, 1.54) is 0 Å². The Morgan fingerprint density at radius 1 is 1.14 bits per heavy atom. The summed E-state index contributed by atoms with van der Waals surface area (Å²) in [4.78, 5) is 12.5. The van der Waals surface area contributed by atoms with E-state index in [0.29, 0.717) is 11.3 Å². The molecule has 4 heteroatoms. The summed E-state index contributed by atoms with van der Waals surface area (Å²) in [5.74, 6) is 0.927. The van der Waals surface area contributed by atoms with E-state index >= 15 is 0 Å². The van der Waals surface area contributed by atoms with Crippen molar-refractivity contribution >= 4 is 32.7 Å². The number of ether oxygens (including phenoxy) is 1. The first-order valence-electron chi connectivity index (χ1n) is 6.47. The molecule has 2 aromatic carbocycles. The van der Waals surface area contributed by atoms with Gasteiger partial charge in [0.2, 0.25) is 5.78 Å². The summed E-state index contributed by atoms with van der Waals surface area (Å²) in [6, 6.07) is 12.7. The first-order valence-corrected chi connectivity index (χ1v) is 7.26. The SMILES string of the molecule is COc1ccc(C(=O)c2cc3cc(Br)cc(C)c3o2)cc1. The lowest BCUT2D eigenvalue weighted by molar-refractivity contribution is 0.101. The molecule has 0 fully saturated rings. The fourth-order valence-corrected chi connectivity index (χ4v) is 2.87. The van der Waals surface area contributed by atoms with Gasteiger partial charge in [0, 0.05) is 15.4 Å². The highest BCUT2D eigenvalue weighted by Crippen LogP contribution is 2.28. The van der Waals surface area contributed by atoms with Crippen LogP contribution in [-0.2, 0) is 0 Å². The molecule has 0 aliphatic rings. The van der Waals surface area contributed by atoms with Crippen molar-refractivity contribution in [3.05, 3.63) is 63.8 Å². The van der Waals surface area contributed by atoms with Crippen molar-refractivity contribution in [1.82, 2.24) is 0 Å². The molecule has 21 heavy (non-hydrogen) atoms. The number of rotatable bonds is 3. The Morgan fingerprint density at radius 3 is 2.52 bits per heavy atom. The summed E-state index contributed by atoms with van der Waals surface area (Å²) in [7, 11) is 1.59. The first-order chi connectivity index (χ1) is 10.1. The predicted octanol–water partition coefficient (Wildman–Crippen LogP) is 4.74. The van der Waals surface area contributed by atoms with Gasteiger partial charge in [0.1, 0.15) is 11.3 Å². The average Bonchev–Trinajstić information content (AvgIpc) is 2.91. The van der Waals surface area contributed by atoms with Gasteiger partial charge in [-0.15, -0.1) is 0 Å². The molecule has 0 amide bonds. The summed E-state index contributed by atoms with van der Waals surface area (Å²) in [6.07, 6.45) is 0. The number of ketones is 1. The predicted molar refractivity (Wildman–Crippen MR) is 85.1 cm³/mol. The van der Waals surface area contributed by atoms with Crippen molar-refractivity contribution in [1.29, 1.82) is 0 Å². The second kappa shape index (κ2) is 5.37. The largest absolute Gasteiger partial charge is 0.497 e. The standard InChI is InChI=1S/C17H13BrO3/c1-10-7-13(18)8-12-9-15(21-17(10)12)16(19)11-3-5-14(20-2)6-4-11/h3-9H,1-2H3. The number of aryl methyl sites for hydroxylation is 1. The van der Waals surface area contributed by atoms with E-state index in [9.17, 15) is 4.79 Å². The van der Waals surface area contributed by atoms with Crippen LogP contribution in [0.2, 0.25) is 0 Å². The van der Waals surface area contributed by atoms with Gasteiger partial charge in [0.15, 0.2) is 5.76 Å². The number of hydrogen-bond donors (Lipinski definition) is 0. The normalized spacial score (nSPS) is 10.8.